The van der Waals surface area contributed by atoms with E-state index in [0.29, 0.717) is 6.61 Å². The minimum atomic E-state index is -0.163. The summed E-state index contributed by atoms with van der Waals surface area (Å²) in [6, 6.07) is 5.86. The lowest BCUT2D eigenvalue weighted by Crippen LogP contribution is -2.25. The van der Waals surface area contributed by atoms with E-state index < -0.39 is 0 Å². The van der Waals surface area contributed by atoms with E-state index >= 15 is 0 Å². The second-order valence-electron chi connectivity index (χ2n) is 5.03. The third-order valence-corrected chi connectivity index (χ3v) is 3.47. The van der Waals surface area contributed by atoms with Gasteiger partial charge in [0.1, 0.15) is 5.75 Å². The Morgan fingerprint density at radius 2 is 2.06 bits per heavy atom. The van der Waals surface area contributed by atoms with Gasteiger partial charge in [0.25, 0.3) is 0 Å². The zero-order chi connectivity index (χ0) is 13.8. The maximum absolute atomic E-state index is 5.94. The second-order valence-corrected chi connectivity index (χ2v) is 5.95. The molecule has 0 heterocycles. The van der Waals surface area contributed by atoms with Crippen molar-refractivity contribution in [1.82, 2.24) is 0 Å². The first-order valence-corrected chi connectivity index (χ1v) is 6.88. The Bertz CT molecular complexity index is 391. The topological polar surface area (TPSA) is 44.5 Å². The summed E-state index contributed by atoms with van der Waals surface area (Å²) < 4.78 is 12.2. The van der Waals surface area contributed by atoms with Gasteiger partial charge >= 0.3 is 0 Å². The Labute approximate surface area is 118 Å². The SMILES string of the molecule is COC(C)(C)CCOc1ccc(Br)cc1[C@H](C)N. The number of methoxy groups -OCH3 is 1. The van der Waals surface area contributed by atoms with Gasteiger partial charge in [-0.1, -0.05) is 15.9 Å². The van der Waals surface area contributed by atoms with Gasteiger partial charge in [0.15, 0.2) is 0 Å². The van der Waals surface area contributed by atoms with Crippen LogP contribution in [0.1, 0.15) is 38.8 Å². The van der Waals surface area contributed by atoms with E-state index in [4.69, 9.17) is 15.2 Å². The zero-order valence-corrected chi connectivity index (χ0v) is 13.1. The van der Waals surface area contributed by atoms with E-state index in [1.54, 1.807) is 7.11 Å². The molecule has 1 rings (SSSR count). The highest BCUT2D eigenvalue weighted by Crippen LogP contribution is 2.28. The van der Waals surface area contributed by atoms with Crippen molar-refractivity contribution in [2.24, 2.45) is 5.73 Å². The molecule has 0 amide bonds. The second kappa shape index (κ2) is 6.55. The number of benzene rings is 1. The Balaban J connectivity index is 2.67. The van der Waals surface area contributed by atoms with Gasteiger partial charge in [-0.05, 0) is 39.0 Å². The minimum Gasteiger partial charge on any atom is -0.493 e. The van der Waals surface area contributed by atoms with Crippen LogP contribution >= 0.6 is 15.9 Å². The molecule has 1 aromatic rings. The fraction of sp³-hybridized carbons (Fsp3) is 0.571. The molecular weight excluding hydrogens is 294 g/mol. The van der Waals surface area contributed by atoms with Crippen LogP contribution in [-0.4, -0.2) is 19.3 Å². The molecule has 0 bridgehead atoms. The minimum absolute atomic E-state index is 0.0482. The van der Waals surface area contributed by atoms with E-state index in [9.17, 15) is 0 Å². The van der Waals surface area contributed by atoms with Crippen molar-refractivity contribution >= 4 is 15.9 Å². The van der Waals surface area contributed by atoms with Crippen molar-refractivity contribution in [3.05, 3.63) is 28.2 Å². The van der Waals surface area contributed by atoms with E-state index in [0.717, 1.165) is 22.2 Å². The monoisotopic (exact) mass is 315 g/mol. The third-order valence-electron chi connectivity index (χ3n) is 2.98. The lowest BCUT2D eigenvalue weighted by molar-refractivity contribution is 0.00536. The normalized spacial score (nSPS) is 13.4. The molecule has 3 nitrogen and oxygen atoms in total. The molecule has 0 aliphatic carbocycles. The Morgan fingerprint density at radius 3 is 2.61 bits per heavy atom. The molecule has 1 atom stereocenters. The smallest absolute Gasteiger partial charge is 0.124 e. The molecule has 2 N–H and O–H groups in total. The molecule has 0 saturated heterocycles. The van der Waals surface area contributed by atoms with Crippen LogP contribution in [0.15, 0.2) is 22.7 Å². The number of halogens is 1. The summed E-state index contributed by atoms with van der Waals surface area (Å²) in [7, 11) is 1.72. The van der Waals surface area contributed by atoms with E-state index in [1.807, 2.05) is 39.0 Å². The molecule has 18 heavy (non-hydrogen) atoms. The summed E-state index contributed by atoms with van der Waals surface area (Å²) in [5.41, 5.74) is 6.79. The van der Waals surface area contributed by atoms with Crippen molar-refractivity contribution in [3.8, 4) is 5.75 Å². The number of rotatable bonds is 6. The molecular formula is C14H22BrNO2. The Morgan fingerprint density at radius 1 is 1.39 bits per heavy atom. The first-order valence-electron chi connectivity index (χ1n) is 6.09. The summed E-state index contributed by atoms with van der Waals surface area (Å²) in [5.74, 6) is 0.847. The predicted molar refractivity (Wildman–Crippen MR) is 77.9 cm³/mol. The van der Waals surface area contributed by atoms with Gasteiger partial charge in [-0.3, -0.25) is 0 Å². The highest BCUT2D eigenvalue weighted by atomic mass is 79.9. The molecule has 0 aromatic heterocycles. The van der Waals surface area contributed by atoms with Crippen molar-refractivity contribution in [1.29, 1.82) is 0 Å². The zero-order valence-electron chi connectivity index (χ0n) is 11.5. The summed E-state index contributed by atoms with van der Waals surface area (Å²) in [5, 5.41) is 0. The molecule has 0 fully saturated rings. The molecule has 0 spiro atoms. The molecule has 0 saturated carbocycles. The maximum atomic E-state index is 5.94. The van der Waals surface area contributed by atoms with Crippen molar-refractivity contribution in [2.45, 2.75) is 38.8 Å². The van der Waals surface area contributed by atoms with Gasteiger partial charge in [-0.15, -0.1) is 0 Å². The summed E-state index contributed by atoms with van der Waals surface area (Å²) in [6.45, 7) is 6.66. The number of ether oxygens (including phenoxy) is 2. The van der Waals surface area contributed by atoms with E-state index in [2.05, 4.69) is 15.9 Å². The quantitative estimate of drug-likeness (QED) is 0.871. The molecule has 0 aliphatic rings. The van der Waals surface area contributed by atoms with Gasteiger partial charge < -0.3 is 15.2 Å². The number of nitrogens with two attached hydrogens (primary N) is 1. The average molecular weight is 316 g/mol. The van der Waals surface area contributed by atoms with E-state index in [-0.39, 0.29) is 11.6 Å². The van der Waals surface area contributed by atoms with Gasteiger partial charge in [-0.2, -0.15) is 0 Å². The Kier molecular flexibility index (Phi) is 5.63. The van der Waals surface area contributed by atoms with Gasteiger partial charge in [0.05, 0.1) is 12.2 Å². The summed E-state index contributed by atoms with van der Waals surface area (Å²) in [6.07, 6.45) is 0.831. The molecule has 4 heteroatoms. The number of hydrogen-bond acceptors (Lipinski definition) is 3. The van der Waals surface area contributed by atoms with Gasteiger partial charge in [-0.25, -0.2) is 0 Å². The van der Waals surface area contributed by atoms with Crippen LogP contribution in [0.3, 0.4) is 0 Å². The van der Waals surface area contributed by atoms with Crippen LogP contribution in [-0.2, 0) is 4.74 Å². The van der Waals surface area contributed by atoms with Crippen molar-refractivity contribution in [2.75, 3.05) is 13.7 Å². The summed E-state index contributed by atoms with van der Waals surface area (Å²) >= 11 is 3.44. The lowest BCUT2D eigenvalue weighted by atomic mass is 10.1. The van der Waals surface area contributed by atoms with E-state index in [1.165, 1.54) is 0 Å². The highest BCUT2D eigenvalue weighted by molar-refractivity contribution is 9.10. The largest absolute Gasteiger partial charge is 0.493 e. The van der Waals surface area contributed by atoms with Crippen LogP contribution in [0.2, 0.25) is 0 Å². The fourth-order valence-corrected chi connectivity index (χ4v) is 1.89. The molecule has 0 aliphatic heterocycles. The molecule has 1 aromatic carbocycles. The molecule has 102 valence electrons. The predicted octanol–water partition coefficient (Wildman–Crippen LogP) is 3.66. The van der Waals surface area contributed by atoms with Crippen LogP contribution in [0, 0.1) is 0 Å². The van der Waals surface area contributed by atoms with Gasteiger partial charge in [0, 0.05) is 29.6 Å². The van der Waals surface area contributed by atoms with Crippen LogP contribution in [0.25, 0.3) is 0 Å². The molecule has 0 unspecified atom stereocenters. The first-order chi connectivity index (χ1) is 8.35. The van der Waals surface area contributed by atoms with Crippen molar-refractivity contribution in [3.63, 3.8) is 0 Å². The van der Waals surface area contributed by atoms with Crippen LogP contribution < -0.4 is 10.5 Å². The number of hydrogen-bond donors (Lipinski definition) is 1. The average Bonchev–Trinajstić information content (AvgIpc) is 2.30. The van der Waals surface area contributed by atoms with Gasteiger partial charge in [0.2, 0.25) is 0 Å². The Hall–Kier alpha value is -0.580. The lowest BCUT2D eigenvalue weighted by Gasteiger charge is -2.23. The first kappa shape index (κ1) is 15.5. The van der Waals surface area contributed by atoms with Crippen LogP contribution in [0.5, 0.6) is 5.75 Å². The maximum Gasteiger partial charge on any atom is 0.124 e. The van der Waals surface area contributed by atoms with Crippen LogP contribution in [0.4, 0.5) is 0 Å². The van der Waals surface area contributed by atoms with Crippen molar-refractivity contribution < 1.29 is 9.47 Å². The standard InChI is InChI=1S/C14H22BrNO2/c1-10(16)12-9-11(15)5-6-13(12)18-8-7-14(2,3)17-4/h5-6,9-10H,7-8,16H2,1-4H3/t10-/m0/s1. The third kappa shape index (κ3) is 4.59. The fourth-order valence-electron chi connectivity index (χ4n) is 1.52. The highest BCUT2D eigenvalue weighted by Gasteiger charge is 2.17. The molecule has 0 radical (unpaired) electrons. The summed E-state index contributed by atoms with van der Waals surface area (Å²) in [4.78, 5) is 0.